The van der Waals surface area contributed by atoms with Crippen molar-refractivity contribution in [3.63, 3.8) is 0 Å². The van der Waals surface area contributed by atoms with Crippen LogP contribution in [-0.4, -0.2) is 117 Å². The number of nitrogens with one attached hydrogen (secondary N) is 4. The molecule has 60 heavy (non-hydrogen) atoms. The summed E-state index contributed by atoms with van der Waals surface area (Å²) in [5.41, 5.74) is 7.63. The number of amides is 5. The number of aromatic nitrogens is 2. The maximum atomic E-state index is 14.1. The Balaban J connectivity index is 0.936. The molecule has 2 aromatic carbocycles. The van der Waals surface area contributed by atoms with Gasteiger partial charge >= 0.3 is 0 Å². The molecule has 3 aliphatic rings. The lowest BCUT2D eigenvalue weighted by atomic mass is 9.85. The molecule has 7 rings (SSSR count). The number of piperazine rings is 1. The Labute approximate surface area is 352 Å². The van der Waals surface area contributed by atoms with Crippen LogP contribution < -0.4 is 16.0 Å². The fourth-order valence-electron chi connectivity index (χ4n) is 8.14. The number of aliphatic hydroxyl groups is 1. The first-order valence-electron chi connectivity index (χ1n) is 20.1. The molecule has 3 aliphatic heterocycles. The first-order chi connectivity index (χ1) is 28.5. The molecule has 0 radical (unpaired) electrons. The van der Waals surface area contributed by atoms with Gasteiger partial charge in [0, 0.05) is 68.3 Å². The van der Waals surface area contributed by atoms with E-state index in [9.17, 15) is 33.5 Å². The molecular weight excluding hydrogens is 788 g/mol. The molecule has 0 saturated carbocycles. The Bertz CT molecular complexity index is 2360. The normalized spacial score (nSPS) is 19.3. The van der Waals surface area contributed by atoms with Crippen LogP contribution in [0, 0.1) is 32.0 Å². The van der Waals surface area contributed by atoms with Gasteiger partial charge in [0.05, 0.1) is 39.9 Å². The molecule has 0 aliphatic carbocycles. The molecule has 0 bridgehead atoms. The van der Waals surface area contributed by atoms with Crippen molar-refractivity contribution in [2.24, 2.45) is 5.41 Å². The van der Waals surface area contributed by atoms with Crippen molar-refractivity contribution in [1.82, 2.24) is 35.3 Å². The van der Waals surface area contributed by atoms with Gasteiger partial charge in [0.15, 0.2) is 0 Å². The fraction of sp³-hybridized carbons (Fsp3) is 0.409. The summed E-state index contributed by atoms with van der Waals surface area (Å²) in [5.74, 6) is -2.18. The number of aliphatic hydroxyl groups excluding tert-OH is 1. The summed E-state index contributed by atoms with van der Waals surface area (Å²) in [6.45, 7) is 12.9. The van der Waals surface area contributed by atoms with Crippen LogP contribution in [0.1, 0.15) is 71.3 Å². The number of thiazole rings is 1. The Kier molecular flexibility index (Phi) is 12.1. The predicted molar refractivity (Wildman–Crippen MR) is 227 cm³/mol. The topological polar surface area (TPSA) is 180 Å². The molecule has 5 N–H and O–H groups in total. The molecule has 316 valence electrons. The molecule has 5 amide bonds. The van der Waals surface area contributed by atoms with Gasteiger partial charge in [-0.05, 0) is 67.2 Å². The van der Waals surface area contributed by atoms with E-state index in [0.29, 0.717) is 65.5 Å². The van der Waals surface area contributed by atoms with Crippen molar-refractivity contribution in [3.8, 4) is 10.4 Å². The Hall–Kier alpha value is -5.71. The van der Waals surface area contributed by atoms with Crippen molar-refractivity contribution in [2.45, 2.75) is 72.7 Å². The number of carbonyl (C=O) groups excluding carboxylic acids is 5. The van der Waals surface area contributed by atoms with Crippen LogP contribution in [-0.2, 0) is 25.7 Å². The standard InChI is InChI=1S/C44H51FN8O6S/c1-24-34(19-32-31-17-29(45)11-12-33(31)49-40(32)56)48-25(2)37(24)42(58)52-15-13-51(14-16-52)22-36(55)50-39(44(4,5)6)43(59)53-21-30(54)18-35(53)41(57)46-20-27-7-9-28(10-8-27)38-26(3)47-23-60-38/h7-12,17,19,23,30,35,39,48,54H,13-16,18,20-22H2,1-6H3,(H,46,57)(H,49,56)(H,50,55)/b32-19-/t30-,35+,39-/m1/s1. The first-order valence-corrected chi connectivity index (χ1v) is 20.9. The number of anilines is 1. The number of nitrogens with zero attached hydrogens (tertiary/aromatic N) is 4. The van der Waals surface area contributed by atoms with Crippen LogP contribution in [0.15, 0.2) is 48.0 Å². The van der Waals surface area contributed by atoms with E-state index in [0.717, 1.165) is 21.7 Å². The molecule has 3 atom stereocenters. The summed E-state index contributed by atoms with van der Waals surface area (Å²) < 4.78 is 14.0. The number of benzene rings is 2. The number of β-amino-alcohol motifs (C(OH)–C–C–N with tert-alkyl or cyclic N) is 1. The smallest absolute Gasteiger partial charge is 0.256 e. The molecular formula is C44H51FN8O6S. The van der Waals surface area contributed by atoms with E-state index in [1.807, 2.05) is 56.9 Å². The number of hydrogen-bond acceptors (Lipinski definition) is 9. The number of hydrogen-bond donors (Lipinski definition) is 5. The molecule has 4 aromatic rings. The molecule has 2 saturated heterocycles. The number of rotatable bonds is 10. The Morgan fingerprint density at radius 2 is 1.77 bits per heavy atom. The van der Waals surface area contributed by atoms with Crippen molar-refractivity contribution < 1.29 is 33.5 Å². The Morgan fingerprint density at radius 1 is 1.05 bits per heavy atom. The minimum absolute atomic E-state index is 0.000151. The van der Waals surface area contributed by atoms with E-state index in [-0.39, 0.29) is 49.7 Å². The average molecular weight is 839 g/mol. The molecule has 14 nitrogen and oxygen atoms in total. The average Bonchev–Trinajstić information content (AvgIpc) is 3.96. The van der Waals surface area contributed by atoms with Crippen LogP contribution in [0.2, 0.25) is 0 Å². The van der Waals surface area contributed by atoms with Gasteiger partial charge in [-0.25, -0.2) is 9.37 Å². The Morgan fingerprint density at radius 3 is 2.43 bits per heavy atom. The van der Waals surface area contributed by atoms with E-state index in [1.54, 1.807) is 41.7 Å². The summed E-state index contributed by atoms with van der Waals surface area (Å²) >= 11 is 1.57. The van der Waals surface area contributed by atoms with Gasteiger partial charge in [-0.2, -0.15) is 0 Å². The van der Waals surface area contributed by atoms with Crippen molar-refractivity contribution in [2.75, 3.05) is 44.6 Å². The fourth-order valence-corrected chi connectivity index (χ4v) is 8.96. The van der Waals surface area contributed by atoms with Crippen LogP contribution in [0.5, 0.6) is 0 Å². The molecule has 0 spiro atoms. The molecule has 5 heterocycles. The number of aryl methyl sites for hydroxylation is 2. The third kappa shape index (κ3) is 8.90. The van der Waals surface area contributed by atoms with Gasteiger partial charge in [-0.3, -0.25) is 28.9 Å². The number of likely N-dealkylation sites (tertiary alicyclic amines) is 1. The van der Waals surface area contributed by atoms with E-state index < -0.39 is 35.3 Å². The summed E-state index contributed by atoms with van der Waals surface area (Å²) in [4.78, 5) is 81.4. The summed E-state index contributed by atoms with van der Waals surface area (Å²) in [5, 5.41) is 19.2. The second-order valence-corrected chi connectivity index (χ2v) is 17.7. The second kappa shape index (κ2) is 17.1. The molecule has 0 unspecified atom stereocenters. The SMILES string of the molecule is Cc1ncsc1-c1ccc(CNC(=O)[C@@H]2C[C@@H](O)CN2C(=O)[C@@H](NC(=O)CN2CCN(C(=O)c3c(C)[nH]c(/C=C4\C(=O)Nc5ccc(F)cc54)c3C)CC2)C(C)(C)C)cc1. The maximum absolute atomic E-state index is 14.1. The van der Waals surface area contributed by atoms with Gasteiger partial charge in [-0.1, -0.05) is 45.0 Å². The molecule has 2 aromatic heterocycles. The van der Waals surface area contributed by atoms with Crippen molar-refractivity contribution in [1.29, 1.82) is 0 Å². The maximum Gasteiger partial charge on any atom is 0.256 e. The van der Waals surface area contributed by atoms with E-state index >= 15 is 0 Å². The van der Waals surface area contributed by atoms with Crippen LogP contribution >= 0.6 is 11.3 Å². The predicted octanol–water partition coefficient (Wildman–Crippen LogP) is 4.26. The third-order valence-corrected chi connectivity index (χ3v) is 12.5. The zero-order valence-electron chi connectivity index (χ0n) is 34.6. The minimum Gasteiger partial charge on any atom is -0.391 e. The highest BCUT2D eigenvalue weighted by molar-refractivity contribution is 7.13. The van der Waals surface area contributed by atoms with Gasteiger partial charge in [0.2, 0.25) is 17.7 Å². The lowest BCUT2D eigenvalue weighted by Crippen LogP contribution is -2.59. The van der Waals surface area contributed by atoms with Crippen LogP contribution in [0.3, 0.4) is 0 Å². The van der Waals surface area contributed by atoms with Crippen molar-refractivity contribution in [3.05, 3.63) is 93.1 Å². The molecule has 2 fully saturated rings. The lowest BCUT2D eigenvalue weighted by Gasteiger charge is -2.37. The summed E-state index contributed by atoms with van der Waals surface area (Å²) in [6, 6.07) is 10.1. The van der Waals surface area contributed by atoms with Gasteiger partial charge in [-0.15, -0.1) is 11.3 Å². The number of halogens is 1. The summed E-state index contributed by atoms with van der Waals surface area (Å²) in [7, 11) is 0. The second-order valence-electron chi connectivity index (χ2n) is 16.9. The zero-order valence-corrected chi connectivity index (χ0v) is 35.5. The van der Waals surface area contributed by atoms with Gasteiger partial charge in [0.25, 0.3) is 11.8 Å². The number of carbonyl (C=O) groups is 5. The molecule has 16 heteroatoms. The number of aromatic amines is 1. The quantitative estimate of drug-likeness (QED) is 0.147. The number of fused-ring (bicyclic) bond motifs is 1. The van der Waals surface area contributed by atoms with E-state index in [2.05, 4.69) is 25.9 Å². The van der Waals surface area contributed by atoms with Gasteiger partial charge in [0.1, 0.15) is 17.9 Å². The van der Waals surface area contributed by atoms with Crippen LogP contribution in [0.4, 0.5) is 10.1 Å². The lowest BCUT2D eigenvalue weighted by molar-refractivity contribution is -0.144. The highest BCUT2D eigenvalue weighted by Gasteiger charge is 2.44. The highest BCUT2D eigenvalue weighted by Crippen LogP contribution is 2.35. The van der Waals surface area contributed by atoms with Gasteiger partial charge < -0.3 is 35.8 Å². The van der Waals surface area contributed by atoms with Crippen molar-refractivity contribution >= 4 is 58.2 Å². The first kappa shape index (κ1) is 42.4. The highest BCUT2D eigenvalue weighted by atomic mass is 32.1. The van der Waals surface area contributed by atoms with Crippen LogP contribution in [0.25, 0.3) is 22.1 Å². The largest absolute Gasteiger partial charge is 0.391 e. The number of H-pyrrole nitrogens is 1. The third-order valence-electron chi connectivity index (χ3n) is 11.5. The zero-order chi connectivity index (χ0) is 43.0. The minimum atomic E-state index is -0.970. The summed E-state index contributed by atoms with van der Waals surface area (Å²) in [6.07, 6.45) is 0.837. The van der Waals surface area contributed by atoms with E-state index in [1.165, 1.54) is 23.1 Å². The van der Waals surface area contributed by atoms with E-state index in [4.69, 9.17) is 0 Å². The monoisotopic (exact) mass is 838 g/mol.